The molecule has 1 aromatic rings. The lowest BCUT2D eigenvalue weighted by atomic mass is 10.1. The van der Waals surface area contributed by atoms with Gasteiger partial charge < -0.3 is 9.84 Å². The van der Waals surface area contributed by atoms with Crippen LogP contribution >= 0.6 is 23.2 Å². The number of morpholine rings is 1. The predicted octanol–water partition coefficient (Wildman–Crippen LogP) is 2.84. The number of nitrogens with zero attached hydrogens (tertiary/aromatic N) is 1. The van der Waals surface area contributed by atoms with Crippen molar-refractivity contribution in [1.29, 1.82) is 0 Å². The molecule has 104 valence electrons. The van der Waals surface area contributed by atoms with Crippen molar-refractivity contribution in [3.05, 3.63) is 33.8 Å². The Balaban J connectivity index is 2.00. The average Bonchev–Trinajstić information content (AvgIpc) is 2.40. The van der Waals surface area contributed by atoms with Crippen LogP contribution < -0.4 is 0 Å². The first-order chi connectivity index (χ1) is 9.06. The Labute approximate surface area is 121 Å². The summed E-state index contributed by atoms with van der Waals surface area (Å²) in [6, 6.07) is 5.44. The fourth-order valence-electron chi connectivity index (χ4n) is 2.07. The molecule has 1 N–H and O–H groups in total. The van der Waals surface area contributed by atoms with E-state index in [9.17, 15) is 4.79 Å². The highest BCUT2D eigenvalue weighted by Crippen LogP contribution is 2.28. The molecule has 1 heterocycles. The van der Waals surface area contributed by atoms with Gasteiger partial charge in [0.05, 0.1) is 29.2 Å². The van der Waals surface area contributed by atoms with E-state index >= 15 is 0 Å². The largest absolute Gasteiger partial charge is 0.481 e. The summed E-state index contributed by atoms with van der Waals surface area (Å²) in [6.45, 7) is 2.55. The van der Waals surface area contributed by atoms with Gasteiger partial charge in [0.25, 0.3) is 0 Å². The molecule has 1 saturated heterocycles. The topological polar surface area (TPSA) is 49.8 Å². The van der Waals surface area contributed by atoms with E-state index in [0.29, 0.717) is 29.7 Å². The van der Waals surface area contributed by atoms with Gasteiger partial charge >= 0.3 is 5.97 Å². The zero-order chi connectivity index (χ0) is 13.8. The lowest BCUT2D eigenvalue weighted by molar-refractivity contribution is -0.137. The first-order valence-corrected chi connectivity index (χ1v) is 6.82. The molecule has 0 amide bonds. The maximum Gasteiger partial charge on any atom is 0.304 e. The normalized spacial score (nSPS) is 20.4. The Morgan fingerprint density at radius 2 is 2.21 bits per heavy atom. The number of carbonyl (C=O) groups is 1. The van der Waals surface area contributed by atoms with Crippen molar-refractivity contribution in [2.24, 2.45) is 0 Å². The van der Waals surface area contributed by atoms with Crippen molar-refractivity contribution >= 4 is 29.2 Å². The molecule has 1 unspecified atom stereocenters. The van der Waals surface area contributed by atoms with Gasteiger partial charge in [0.2, 0.25) is 0 Å². The maximum atomic E-state index is 10.6. The average molecular weight is 304 g/mol. The van der Waals surface area contributed by atoms with Gasteiger partial charge in [-0.25, -0.2) is 0 Å². The number of ether oxygens (including phenoxy) is 1. The van der Waals surface area contributed by atoms with Crippen LogP contribution in [0.4, 0.5) is 0 Å². The Kier molecular flexibility index (Phi) is 5.05. The molecule has 2 rings (SSSR count). The lowest BCUT2D eigenvalue weighted by Crippen LogP contribution is -2.39. The summed E-state index contributed by atoms with van der Waals surface area (Å²) in [4.78, 5) is 12.7. The molecule has 0 aliphatic carbocycles. The van der Waals surface area contributed by atoms with Crippen molar-refractivity contribution < 1.29 is 14.6 Å². The molecule has 0 radical (unpaired) electrons. The van der Waals surface area contributed by atoms with Gasteiger partial charge in [-0.1, -0.05) is 29.3 Å². The van der Waals surface area contributed by atoms with Gasteiger partial charge in [-0.05, 0) is 17.7 Å². The highest BCUT2D eigenvalue weighted by molar-refractivity contribution is 6.42. The van der Waals surface area contributed by atoms with Gasteiger partial charge in [0.15, 0.2) is 0 Å². The van der Waals surface area contributed by atoms with Crippen molar-refractivity contribution in [3.63, 3.8) is 0 Å². The number of hydrogen-bond acceptors (Lipinski definition) is 3. The van der Waals surface area contributed by atoms with Crippen LogP contribution in [0.1, 0.15) is 18.1 Å². The Hall–Kier alpha value is -0.810. The number of benzene rings is 1. The molecule has 1 aliphatic rings. The molecule has 0 saturated carbocycles. The molecule has 4 nitrogen and oxygen atoms in total. The summed E-state index contributed by atoms with van der Waals surface area (Å²) in [5, 5.41) is 9.73. The predicted molar refractivity (Wildman–Crippen MR) is 73.8 cm³/mol. The van der Waals surface area contributed by atoms with Crippen LogP contribution in [0.25, 0.3) is 0 Å². The van der Waals surface area contributed by atoms with Crippen LogP contribution in [0.15, 0.2) is 18.2 Å². The minimum Gasteiger partial charge on any atom is -0.481 e. The molecular weight excluding hydrogens is 289 g/mol. The van der Waals surface area contributed by atoms with Gasteiger partial charge in [-0.3, -0.25) is 9.69 Å². The van der Waals surface area contributed by atoms with Crippen LogP contribution in [-0.4, -0.2) is 42.2 Å². The number of rotatable bonds is 4. The van der Waals surface area contributed by atoms with E-state index in [0.717, 1.165) is 12.1 Å². The van der Waals surface area contributed by atoms with Gasteiger partial charge in [-0.15, -0.1) is 0 Å². The summed E-state index contributed by atoms with van der Waals surface area (Å²) in [7, 11) is 0. The molecule has 6 heteroatoms. The molecule has 0 bridgehead atoms. The van der Waals surface area contributed by atoms with E-state index in [-0.39, 0.29) is 12.5 Å². The highest BCUT2D eigenvalue weighted by Gasteiger charge is 2.22. The second-order valence-corrected chi connectivity index (χ2v) is 5.29. The monoisotopic (exact) mass is 303 g/mol. The number of aliphatic carboxylic acids is 1. The smallest absolute Gasteiger partial charge is 0.304 e. The third-order valence-corrected chi connectivity index (χ3v) is 3.85. The standard InChI is InChI=1S/C13H15Cl2NO3/c14-10-2-1-9(7-11(10)15)12-8-16(5-6-19-12)4-3-13(17)18/h1-2,7,12H,3-6,8H2,(H,17,18). The molecule has 1 aliphatic heterocycles. The van der Waals surface area contributed by atoms with Gasteiger partial charge in [-0.2, -0.15) is 0 Å². The summed E-state index contributed by atoms with van der Waals surface area (Å²) in [5.74, 6) is -0.780. The summed E-state index contributed by atoms with van der Waals surface area (Å²) >= 11 is 11.9. The van der Waals surface area contributed by atoms with Crippen molar-refractivity contribution in [2.45, 2.75) is 12.5 Å². The number of carboxylic acid groups (broad SMARTS) is 1. The number of hydrogen-bond donors (Lipinski definition) is 1. The maximum absolute atomic E-state index is 10.6. The van der Waals surface area contributed by atoms with Crippen LogP contribution in [0.2, 0.25) is 10.0 Å². The molecule has 1 atom stereocenters. The van der Waals surface area contributed by atoms with Crippen LogP contribution in [0, 0.1) is 0 Å². The van der Waals surface area contributed by atoms with E-state index < -0.39 is 5.97 Å². The SMILES string of the molecule is O=C(O)CCN1CCOC(c2ccc(Cl)c(Cl)c2)C1. The van der Waals surface area contributed by atoms with E-state index in [1.165, 1.54) is 0 Å². The third-order valence-electron chi connectivity index (χ3n) is 3.11. The third kappa shape index (κ3) is 4.08. The molecular formula is C13H15Cl2NO3. The fraction of sp³-hybridized carbons (Fsp3) is 0.462. The fourth-order valence-corrected chi connectivity index (χ4v) is 2.38. The Bertz CT molecular complexity index is 467. The second-order valence-electron chi connectivity index (χ2n) is 4.48. The second kappa shape index (κ2) is 6.57. The van der Waals surface area contributed by atoms with Crippen molar-refractivity contribution in [3.8, 4) is 0 Å². The quantitative estimate of drug-likeness (QED) is 0.929. The van der Waals surface area contributed by atoms with E-state index in [1.807, 2.05) is 6.07 Å². The van der Waals surface area contributed by atoms with E-state index in [1.54, 1.807) is 12.1 Å². The molecule has 1 aromatic carbocycles. The van der Waals surface area contributed by atoms with E-state index in [4.69, 9.17) is 33.0 Å². The first kappa shape index (κ1) is 14.6. The first-order valence-electron chi connectivity index (χ1n) is 6.07. The zero-order valence-corrected chi connectivity index (χ0v) is 11.8. The Morgan fingerprint density at radius 1 is 1.42 bits per heavy atom. The van der Waals surface area contributed by atoms with Crippen LogP contribution in [0.5, 0.6) is 0 Å². The lowest BCUT2D eigenvalue weighted by Gasteiger charge is -2.32. The van der Waals surface area contributed by atoms with Gasteiger partial charge in [0.1, 0.15) is 0 Å². The Morgan fingerprint density at radius 3 is 2.89 bits per heavy atom. The highest BCUT2D eigenvalue weighted by atomic mass is 35.5. The molecule has 19 heavy (non-hydrogen) atoms. The van der Waals surface area contributed by atoms with Crippen LogP contribution in [0.3, 0.4) is 0 Å². The minimum atomic E-state index is -0.780. The molecule has 0 aromatic heterocycles. The number of carboxylic acids is 1. The van der Waals surface area contributed by atoms with E-state index in [2.05, 4.69) is 4.90 Å². The van der Waals surface area contributed by atoms with Crippen molar-refractivity contribution in [2.75, 3.05) is 26.2 Å². The molecule has 1 fully saturated rings. The zero-order valence-electron chi connectivity index (χ0n) is 10.3. The minimum absolute atomic E-state index is 0.0858. The summed E-state index contributed by atoms with van der Waals surface area (Å²) in [6.07, 6.45) is 0.0611. The number of halogens is 2. The summed E-state index contributed by atoms with van der Waals surface area (Å²) in [5.41, 5.74) is 0.967. The summed E-state index contributed by atoms with van der Waals surface area (Å²) < 4.78 is 5.71. The van der Waals surface area contributed by atoms with Gasteiger partial charge in [0, 0.05) is 19.6 Å². The van der Waals surface area contributed by atoms with Crippen LogP contribution in [-0.2, 0) is 9.53 Å². The van der Waals surface area contributed by atoms with Crippen molar-refractivity contribution in [1.82, 2.24) is 4.90 Å². The molecule has 0 spiro atoms.